The molecule has 0 aliphatic carbocycles. The number of rotatable bonds is 4. The van der Waals surface area contributed by atoms with Crippen molar-refractivity contribution in [3.05, 3.63) is 52.9 Å². The number of carboxylic acids is 1. The van der Waals surface area contributed by atoms with Gasteiger partial charge in [-0.05, 0) is 43.3 Å². The van der Waals surface area contributed by atoms with Crippen molar-refractivity contribution in [1.29, 1.82) is 0 Å². The Morgan fingerprint density at radius 2 is 1.87 bits per heavy atom. The van der Waals surface area contributed by atoms with Gasteiger partial charge in [0.1, 0.15) is 5.69 Å². The molecule has 156 valence electrons. The molecule has 0 saturated carbocycles. The number of hydrogen-bond acceptors (Lipinski definition) is 6. The Morgan fingerprint density at radius 1 is 1.20 bits per heavy atom. The van der Waals surface area contributed by atoms with Crippen LogP contribution in [0.3, 0.4) is 0 Å². The first-order valence-electron chi connectivity index (χ1n) is 9.45. The summed E-state index contributed by atoms with van der Waals surface area (Å²) in [6, 6.07) is 11.0. The van der Waals surface area contributed by atoms with Crippen molar-refractivity contribution in [3.8, 4) is 11.3 Å². The van der Waals surface area contributed by atoms with Gasteiger partial charge in [0, 0.05) is 53.0 Å². The maximum atomic E-state index is 12.7. The number of carbonyl (C=O) groups excluding carboxylic acids is 1. The number of benzene rings is 2. The number of nitrogens with zero attached hydrogens (tertiary/aromatic N) is 2. The van der Waals surface area contributed by atoms with Gasteiger partial charge in [-0.15, -0.1) is 0 Å². The van der Waals surface area contributed by atoms with E-state index in [-0.39, 0.29) is 5.56 Å². The molecule has 2 aromatic heterocycles. The quantitative estimate of drug-likeness (QED) is 0.349. The minimum atomic E-state index is -1.08. The average Bonchev–Trinajstić information content (AvgIpc) is 3.02. The zero-order valence-corrected chi connectivity index (χ0v) is 16.6. The van der Waals surface area contributed by atoms with Gasteiger partial charge in [0.2, 0.25) is 0 Å². The van der Waals surface area contributed by atoms with Gasteiger partial charge in [-0.25, -0.2) is 4.98 Å². The molecule has 2 aromatic carbocycles. The number of aliphatic carboxylic acids is 1. The molecule has 9 nitrogen and oxygen atoms in total. The summed E-state index contributed by atoms with van der Waals surface area (Å²) >= 11 is 0. The molecule has 0 bridgehead atoms. The van der Waals surface area contributed by atoms with E-state index in [1.54, 1.807) is 18.2 Å². The third kappa shape index (κ3) is 4.41. The van der Waals surface area contributed by atoms with Gasteiger partial charge in [0.15, 0.2) is 0 Å². The SMILES string of the molecule is CC(=O)[O-].Nc1ccc2nc(-c3cn(CCC[NH3+])c4ccc(N)cc34)c(=O)[nH]c2c1. The Hall–Kier alpha value is -3.85. The standard InChI is InChI=1S/C19H20N6O.C2H4O2/c20-6-1-7-25-10-14(13-8-11(21)3-5-17(13)25)18-19(26)24-16-9-12(22)2-4-15(16)23-18;1-2(3)4/h2-5,8-10H,1,6-7,20-22H2,(H,24,26);1H3,(H,3,4). The molecule has 4 aromatic rings. The lowest BCUT2D eigenvalue weighted by molar-refractivity contribution is -0.368. The molecule has 0 unspecified atom stereocenters. The van der Waals surface area contributed by atoms with Gasteiger partial charge in [-0.1, -0.05) is 0 Å². The number of nitrogens with one attached hydrogen (secondary N) is 1. The second kappa shape index (κ2) is 8.66. The number of aromatic amines is 1. The Kier molecular flexibility index (Phi) is 6.03. The molecule has 8 N–H and O–H groups in total. The summed E-state index contributed by atoms with van der Waals surface area (Å²) in [5.41, 5.74) is 20.2. The largest absolute Gasteiger partial charge is 0.550 e. The lowest BCUT2D eigenvalue weighted by atomic mass is 10.1. The number of carbonyl (C=O) groups is 1. The lowest BCUT2D eigenvalue weighted by Gasteiger charge is -2.03. The number of hydrogen-bond donors (Lipinski definition) is 4. The normalized spacial score (nSPS) is 10.7. The van der Waals surface area contributed by atoms with Crippen LogP contribution in [0.4, 0.5) is 11.4 Å². The second-order valence-corrected chi connectivity index (χ2v) is 6.90. The van der Waals surface area contributed by atoms with Crippen LogP contribution in [0.15, 0.2) is 47.4 Å². The molecule has 0 atom stereocenters. The molecule has 0 radical (unpaired) electrons. The number of carboxylic acid groups (broad SMARTS) is 1. The van der Waals surface area contributed by atoms with Gasteiger partial charge in [0.25, 0.3) is 5.56 Å². The van der Waals surface area contributed by atoms with E-state index in [9.17, 15) is 4.79 Å². The number of aromatic nitrogens is 3. The highest BCUT2D eigenvalue weighted by Crippen LogP contribution is 2.30. The predicted molar refractivity (Wildman–Crippen MR) is 115 cm³/mol. The highest BCUT2D eigenvalue weighted by molar-refractivity contribution is 5.97. The molecule has 0 spiro atoms. The van der Waals surface area contributed by atoms with E-state index < -0.39 is 5.97 Å². The van der Waals surface area contributed by atoms with E-state index in [1.165, 1.54) is 0 Å². The fraction of sp³-hybridized carbons (Fsp3) is 0.190. The number of H-pyrrole nitrogens is 1. The molecule has 9 heteroatoms. The fourth-order valence-electron chi connectivity index (χ4n) is 3.26. The maximum Gasteiger partial charge on any atom is 0.275 e. The number of nitrogen functional groups attached to an aromatic ring is 2. The second-order valence-electron chi connectivity index (χ2n) is 6.90. The van der Waals surface area contributed by atoms with Crippen LogP contribution in [0.25, 0.3) is 33.2 Å². The third-order valence-corrected chi connectivity index (χ3v) is 4.53. The summed E-state index contributed by atoms with van der Waals surface area (Å²) in [4.78, 5) is 29.1. The van der Waals surface area contributed by atoms with E-state index in [4.69, 9.17) is 21.4 Å². The van der Waals surface area contributed by atoms with Crippen LogP contribution in [0, 0.1) is 0 Å². The lowest BCUT2D eigenvalue weighted by Crippen LogP contribution is -2.50. The highest BCUT2D eigenvalue weighted by atomic mass is 16.4. The summed E-state index contributed by atoms with van der Waals surface area (Å²) in [6.45, 7) is 2.64. The Balaban J connectivity index is 0.000000589. The number of quaternary nitrogens is 1. The number of nitrogens with two attached hydrogens (primary N) is 2. The van der Waals surface area contributed by atoms with Crippen LogP contribution >= 0.6 is 0 Å². The van der Waals surface area contributed by atoms with Crippen molar-refractivity contribution in [2.24, 2.45) is 0 Å². The summed E-state index contributed by atoms with van der Waals surface area (Å²) in [7, 11) is 0. The van der Waals surface area contributed by atoms with Crippen LogP contribution in [0.1, 0.15) is 13.3 Å². The first-order valence-corrected chi connectivity index (χ1v) is 9.45. The maximum absolute atomic E-state index is 12.7. The van der Waals surface area contributed by atoms with Crippen LogP contribution in [0.2, 0.25) is 0 Å². The van der Waals surface area contributed by atoms with Crippen LogP contribution in [0.5, 0.6) is 0 Å². The van der Waals surface area contributed by atoms with Crippen LogP contribution in [-0.2, 0) is 11.3 Å². The number of anilines is 2. The first kappa shape index (κ1) is 20.9. The molecule has 0 saturated heterocycles. The van der Waals surface area contributed by atoms with Gasteiger partial charge in [-0.2, -0.15) is 0 Å². The molecular weight excluding hydrogens is 384 g/mol. The molecular formula is C21H24N6O3. The van der Waals surface area contributed by atoms with Crippen molar-refractivity contribution in [2.45, 2.75) is 19.9 Å². The molecule has 0 fully saturated rings. The van der Waals surface area contributed by atoms with Gasteiger partial charge >= 0.3 is 0 Å². The average molecular weight is 408 g/mol. The van der Waals surface area contributed by atoms with Gasteiger partial charge in [-0.3, -0.25) is 4.79 Å². The first-order chi connectivity index (χ1) is 14.3. The molecule has 4 rings (SSSR count). The summed E-state index contributed by atoms with van der Waals surface area (Å²) in [5.74, 6) is -1.08. The molecule has 0 aliphatic rings. The van der Waals surface area contributed by atoms with Crippen molar-refractivity contribution in [2.75, 3.05) is 18.0 Å². The van der Waals surface area contributed by atoms with E-state index in [0.717, 1.165) is 42.9 Å². The van der Waals surface area contributed by atoms with Crippen molar-refractivity contribution >= 4 is 39.3 Å². The highest BCUT2D eigenvalue weighted by Gasteiger charge is 2.16. The Bertz CT molecular complexity index is 1270. The van der Waals surface area contributed by atoms with Gasteiger partial charge in [0.05, 0.1) is 17.6 Å². The van der Waals surface area contributed by atoms with Crippen LogP contribution < -0.4 is 27.9 Å². The van der Waals surface area contributed by atoms with E-state index >= 15 is 0 Å². The zero-order chi connectivity index (χ0) is 21.8. The van der Waals surface area contributed by atoms with E-state index in [1.807, 2.05) is 24.4 Å². The van der Waals surface area contributed by atoms with Gasteiger partial charge < -0.3 is 36.7 Å². The molecule has 30 heavy (non-hydrogen) atoms. The topological polar surface area (TPSA) is 170 Å². The minimum absolute atomic E-state index is 0.248. The summed E-state index contributed by atoms with van der Waals surface area (Å²) in [5, 5.41) is 9.81. The Morgan fingerprint density at radius 3 is 2.57 bits per heavy atom. The summed E-state index contributed by atoms with van der Waals surface area (Å²) < 4.78 is 2.13. The monoisotopic (exact) mass is 408 g/mol. The minimum Gasteiger partial charge on any atom is -0.550 e. The smallest absolute Gasteiger partial charge is 0.275 e. The molecule has 2 heterocycles. The third-order valence-electron chi connectivity index (χ3n) is 4.53. The zero-order valence-electron chi connectivity index (χ0n) is 16.6. The Labute approximate surface area is 172 Å². The van der Waals surface area contributed by atoms with Crippen molar-refractivity contribution < 1.29 is 15.6 Å². The van der Waals surface area contributed by atoms with Crippen LogP contribution in [-0.4, -0.2) is 27.0 Å². The van der Waals surface area contributed by atoms with E-state index in [0.29, 0.717) is 28.1 Å². The van der Waals surface area contributed by atoms with Crippen molar-refractivity contribution in [3.63, 3.8) is 0 Å². The molecule has 0 aliphatic heterocycles. The van der Waals surface area contributed by atoms with E-state index in [2.05, 4.69) is 20.3 Å². The van der Waals surface area contributed by atoms with Crippen molar-refractivity contribution in [1.82, 2.24) is 14.5 Å². The number of aryl methyl sites for hydroxylation is 1. The summed E-state index contributed by atoms with van der Waals surface area (Å²) in [6.07, 6.45) is 2.93. The fourth-order valence-corrected chi connectivity index (χ4v) is 3.26. The predicted octanol–water partition coefficient (Wildman–Crippen LogP) is 0.0974. The number of fused-ring (bicyclic) bond motifs is 2. The molecule has 0 amide bonds.